The summed E-state index contributed by atoms with van der Waals surface area (Å²) in [5.41, 5.74) is 6.70. The second-order valence-electron chi connectivity index (χ2n) is 8.23. The number of carbonyl (C=O) groups excluding carboxylic acids is 1. The molecule has 32 heavy (non-hydrogen) atoms. The number of methoxy groups -OCH3 is 1. The lowest BCUT2D eigenvalue weighted by Crippen LogP contribution is -2.51. The van der Waals surface area contributed by atoms with Gasteiger partial charge in [0.25, 0.3) is 0 Å². The van der Waals surface area contributed by atoms with E-state index in [-0.39, 0.29) is 44.4 Å². The summed E-state index contributed by atoms with van der Waals surface area (Å²) in [5.74, 6) is -3.36. The molecule has 12 heteroatoms. The molecule has 174 valence electrons. The maximum Gasteiger partial charge on any atom is 0.451 e. The molecule has 0 radical (unpaired) electrons. The van der Waals surface area contributed by atoms with Crippen LogP contribution in [0.15, 0.2) is 12.1 Å². The van der Waals surface area contributed by atoms with Crippen LogP contribution in [0.25, 0.3) is 0 Å². The number of ether oxygens (including phenoxy) is 1. The lowest BCUT2D eigenvalue weighted by molar-refractivity contribution is -0.148. The van der Waals surface area contributed by atoms with Crippen molar-refractivity contribution in [2.45, 2.75) is 50.0 Å². The highest BCUT2D eigenvalue weighted by Gasteiger charge is 2.46. The topological polar surface area (TPSA) is 86.3 Å². The van der Waals surface area contributed by atoms with Crippen LogP contribution in [0.3, 0.4) is 0 Å². The van der Waals surface area contributed by atoms with Crippen LogP contribution in [-0.4, -0.2) is 51.9 Å². The normalized spacial score (nSPS) is 21.4. The number of halogens is 5. The fourth-order valence-corrected chi connectivity index (χ4v) is 4.74. The Hall–Kier alpha value is -2.60. The maximum atomic E-state index is 14.0. The number of hydrogen-bond donors (Lipinski definition) is 1. The standard InChI is InChI=1S/C20H22F5N5O2/c1-32-10-19(3-2-11-6-13(21)14(22)7-12(11)19)15(26)8-17(31)29-4-5-30-16(9-29)27-28-18(30)20(23,24)25/h6-7,15H,2-5,8-10,26H2,1H3/t15-,19+/m0/s1. The molecular formula is C20H22F5N5O2. The lowest BCUT2D eigenvalue weighted by Gasteiger charge is -2.37. The van der Waals surface area contributed by atoms with Gasteiger partial charge >= 0.3 is 6.18 Å². The highest BCUT2D eigenvalue weighted by atomic mass is 19.4. The van der Waals surface area contributed by atoms with Crippen molar-refractivity contribution in [1.29, 1.82) is 0 Å². The van der Waals surface area contributed by atoms with Gasteiger partial charge in [0.2, 0.25) is 11.7 Å². The number of benzene rings is 1. The van der Waals surface area contributed by atoms with Gasteiger partial charge in [0.15, 0.2) is 17.5 Å². The molecule has 0 fully saturated rings. The quantitative estimate of drug-likeness (QED) is 0.693. The highest BCUT2D eigenvalue weighted by Crippen LogP contribution is 2.43. The van der Waals surface area contributed by atoms with Gasteiger partial charge in [0, 0.05) is 38.1 Å². The van der Waals surface area contributed by atoms with Crippen molar-refractivity contribution < 1.29 is 31.5 Å². The SMILES string of the molecule is COC[C@]1([C@@H](N)CC(=O)N2CCn3c(nnc3C(F)(F)F)C2)CCc2cc(F)c(F)cc21. The molecule has 1 aliphatic heterocycles. The molecule has 1 amide bonds. The number of alkyl halides is 3. The monoisotopic (exact) mass is 459 g/mol. The predicted octanol–water partition coefficient (Wildman–Crippen LogP) is 2.17. The molecule has 2 heterocycles. The highest BCUT2D eigenvalue weighted by molar-refractivity contribution is 5.77. The number of nitrogens with zero attached hydrogens (tertiary/aromatic N) is 4. The summed E-state index contributed by atoms with van der Waals surface area (Å²) >= 11 is 0. The van der Waals surface area contributed by atoms with Gasteiger partial charge in [-0.3, -0.25) is 4.79 Å². The van der Waals surface area contributed by atoms with Crippen molar-refractivity contribution in [2.75, 3.05) is 20.3 Å². The first-order valence-corrected chi connectivity index (χ1v) is 10.1. The first-order chi connectivity index (χ1) is 15.1. The Morgan fingerprint density at radius 2 is 1.97 bits per heavy atom. The van der Waals surface area contributed by atoms with E-state index in [0.717, 1.165) is 16.7 Å². The third kappa shape index (κ3) is 3.75. The molecule has 0 spiro atoms. The van der Waals surface area contributed by atoms with E-state index < -0.39 is 35.1 Å². The van der Waals surface area contributed by atoms with E-state index in [2.05, 4.69) is 10.2 Å². The van der Waals surface area contributed by atoms with Gasteiger partial charge in [-0.1, -0.05) is 0 Å². The summed E-state index contributed by atoms with van der Waals surface area (Å²) in [6.45, 7) is -0.0484. The second-order valence-corrected chi connectivity index (χ2v) is 8.23. The van der Waals surface area contributed by atoms with E-state index in [4.69, 9.17) is 10.5 Å². The van der Waals surface area contributed by atoms with Gasteiger partial charge in [-0.05, 0) is 36.1 Å². The lowest BCUT2D eigenvalue weighted by atomic mass is 9.74. The Kier molecular flexibility index (Phi) is 5.70. The smallest absolute Gasteiger partial charge is 0.384 e. The van der Waals surface area contributed by atoms with Crippen LogP contribution in [0, 0.1) is 11.6 Å². The molecule has 2 aromatic rings. The van der Waals surface area contributed by atoms with Gasteiger partial charge in [0.05, 0.1) is 13.2 Å². The zero-order valence-corrected chi connectivity index (χ0v) is 17.3. The van der Waals surface area contributed by atoms with E-state index in [1.807, 2.05) is 0 Å². The average molecular weight is 459 g/mol. The molecule has 2 aliphatic rings. The molecule has 1 aromatic carbocycles. The third-order valence-electron chi connectivity index (χ3n) is 6.39. The number of aryl methyl sites for hydroxylation is 1. The zero-order valence-electron chi connectivity index (χ0n) is 17.3. The second kappa shape index (κ2) is 8.07. The summed E-state index contributed by atoms with van der Waals surface area (Å²) in [6.07, 6.45) is -3.85. The molecule has 0 unspecified atom stereocenters. The van der Waals surface area contributed by atoms with Crippen LogP contribution in [0.2, 0.25) is 0 Å². The van der Waals surface area contributed by atoms with Gasteiger partial charge in [-0.2, -0.15) is 13.2 Å². The van der Waals surface area contributed by atoms with Gasteiger partial charge in [0.1, 0.15) is 0 Å². The Morgan fingerprint density at radius 3 is 2.66 bits per heavy atom. The van der Waals surface area contributed by atoms with Crippen LogP contribution < -0.4 is 5.73 Å². The van der Waals surface area contributed by atoms with E-state index in [1.165, 1.54) is 12.0 Å². The minimum absolute atomic E-state index is 0.0425. The van der Waals surface area contributed by atoms with Crippen LogP contribution in [-0.2, 0) is 40.6 Å². The number of hydrogen-bond acceptors (Lipinski definition) is 5. The first kappa shape index (κ1) is 22.6. The van der Waals surface area contributed by atoms with E-state index in [0.29, 0.717) is 24.0 Å². The molecule has 2 atom stereocenters. The Morgan fingerprint density at radius 1 is 1.25 bits per heavy atom. The zero-order chi connectivity index (χ0) is 23.3. The molecule has 0 saturated carbocycles. The summed E-state index contributed by atoms with van der Waals surface area (Å²) < 4.78 is 73.0. The van der Waals surface area contributed by atoms with Crippen molar-refractivity contribution in [3.05, 3.63) is 46.5 Å². The van der Waals surface area contributed by atoms with E-state index in [1.54, 1.807) is 0 Å². The van der Waals surface area contributed by atoms with Crippen molar-refractivity contribution in [1.82, 2.24) is 19.7 Å². The number of fused-ring (bicyclic) bond motifs is 2. The summed E-state index contributed by atoms with van der Waals surface area (Å²) in [7, 11) is 1.46. The van der Waals surface area contributed by atoms with Crippen molar-refractivity contribution in [3.63, 3.8) is 0 Å². The molecular weight excluding hydrogens is 437 g/mol. The number of rotatable bonds is 5. The van der Waals surface area contributed by atoms with Crippen LogP contribution in [0.5, 0.6) is 0 Å². The van der Waals surface area contributed by atoms with Gasteiger partial charge in [-0.25, -0.2) is 8.78 Å². The third-order valence-corrected chi connectivity index (χ3v) is 6.39. The van der Waals surface area contributed by atoms with Crippen molar-refractivity contribution >= 4 is 5.91 Å². The largest absolute Gasteiger partial charge is 0.451 e. The number of carbonyl (C=O) groups is 1. The minimum atomic E-state index is -4.63. The Labute approximate surface area is 180 Å². The number of amides is 1. The molecule has 4 rings (SSSR count). The molecule has 1 aromatic heterocycles. The molecule has 2 N–H and O–H groups in total. The maximum absolute atomic E-state index is 14.0. The molecule has 0 saturated heterocycles. The van der Waals surface area contributed by atoms with Crippen LogP contribution in [0.4, 0.5) is 22.0 Å². The molecule has 0 bridgehead atoms. The van der Waals surface area contributed by atoms with Crippen LogP contribution in [0.1, 0.15) is 35.6 Å². The van der Waals surface area contributed by atoms with Crippen molar-refractivity contribution in [3.8, 4) is 0 Å². The fourth-order valence-electron chi connectivity index (χ4n) is 4.74. The summed E-state index contributed by atoms with van der Waals surface area (Å²) in [6, 6.07) is 1.49. The van der Waals surface area contributed by atoms with E-state index in [9.17, 15) is 26.7 Å². The first-order valence-electron chi connectivity index (χ1n) is 10.1. The number of aromatic nitrogens is 3. The molecule has 1 aliphatic carbocycles. The Balaban J connectivity index is 1.53. The number of nitrogens with two attached hydrogens (primary N) is 1. The molecule has 7 nitrogen and oxygen atoms in total. The van der Waals surface area contributed by atoms with Gasteiger partial charge < -0.3 is 19.9 Å². The minimum Gasteiger partial charge on any atom is -0.384 e. The van der Waals surface area contributed by atoms with E-state index >= 15 is 0 Å². The predicted molar refractivity (Wildman–Crippen MR) is 101 cm³/mol. The Bertz CT molecular complexity index is 1040. The average Bonchev–Trinajstić information content (AvgIpc) is 3.31. The van der Waals surface area contributed by atoms with Crippen molar-refractivity contribution in [2.24, 2.45) is 5.73 Å². The summed E-state index contributed by atoms with van der Waals surface area (Å²) in [4.78, 5) is 14.3. The summed E-state index contributed by atoms with van der Waals surface area (Å²) in [5, 5.41) is 6.78. The fraction of sp³-hybridized carbons (Fsp3) is 0.550. The van der Waals surface area contributed by atoms with Gasteiger partial charge in [-0.15, -0.1) is 10.2 Å². The van der Waals surface area contributed by atoms with Crippen LogP contribution >= 0.6 is 0 Å².